The molecule has 0 radical (unpaired) electrons. The highest BCUT2D eigenvalue weighted by Crippen LogP contribution is 2.36. The van der Waals surface area contributed by atoms with E-state index in [0.717, 1.165) is 19.4 Å². The number of hydrogen-bond donors (Lipinski definition) is 1. The van der Waals surface area contributed by atoms with Gasteiger partial charge in [-0.05, 0) is 55.9 Å². The molecule has 1 saturated heterocycles. The second-order valence-corrected chi connectivity index (χ2v) is 5.80. The van der Waals surface area contributed by atoms with Crippen LogP contribution in [-0.4, -0.2) is 28.5 Å². The van der Waals surface area contributed by atoms with E-state index in [1.807, 2.05) is 0 Å². The van der Waals surface area contributed by atoms with Crippen LogP contribution in [-0.2, 0) is 0 Å². The molecule has 1 aromatic carbocycles. The first kappa shape index (κ1) is 12.5. The van der Waals surface area contributed by atoms with E-state index in [-0.39, 0.29) is 11.7 Å². The van der Waals surface area contributed by atoms with Crippen molar-refractivity contribution in [3.63, 3.8) is 0 Å². The fourth-order valence-corrected chi connectivity index (χ4v) is 3.65. The summed E-state index contributed by atoms with van der Waals surface area (Å²) in [6.07, 6.45) is 7.50. The summed E-state index contributed by atoms with van der Waals surface area (Å²) in [7, 11) is 0. The first-order valence-electron chi connectivity index (χ1n) is 7.36. The summed E-state index contributed by atoms with van der Waals surface area (Å²) in [6, 6.07) is 7.08. The SMILES string of the molecule is O=C(c1ccc(O)cc1)N1CCCC1C1CCCC1. The summed E-state index contributed by atoms with van der Waals surface area (Å²) in [5.74, 6) is 1.06. The molecule has 3 nitrogen and oxygen atoms in total. The quantitative estimate of drug-likeness (QED) is 0.886. The minimum atomic E-state index is 0.134. The summed E-state index contributed by atoms with van der Waals surface area (Å²) in [6.45, 7) is 0.890. The van der Waals surface area contributed by atoms with Crippen LogP contribution in [0.5, 0.6) is 5.75 Å². The Hall–Kier alpha value is -1.51. The number of rotatable bonds is 2. The molecule has 2 fully saturated rings. The molecule has 19 heavy (non-hydrogen) atoms. The standard InChI is InChI=1S/C16H21NO2/c18-14-9-7-13(8-10-14)16(19)17-11-3-6-15(17)12-4-1-2-5-12/h7-10,12,15,18H,1-6,11H2. The van der Waals surface area contributed by atoms with E-state index >= 15 is 0 Å². The lowest BCUT2D eigenvalue weighted by atomic mass is 9.95. The van der Waals surface area contributed by atoms with Crippen LogP contribution in [0.4, 0.5) is 0 Å². The highest BCUT2D eigenvalue weighted by molar-refractivity contribution is 5.94. The van der Waals surface area contributed by atoms with Gasteiger partial charge in [-0.25, -0.2) is 0 Å². The van der Waals surface area contributed by atoms with Gasteiger partial charge in [0.15, 0.2) is 0 Å². The third kappa shape index (κ3) is 2.46. The van der Waals surface area contributed by atoms with Gasteiger partial charge in [-0.2, -0.15) is 0 Å². The minimum Gasteiger partial charge on any atom is -0.508 e. The molecule has 1 aliphatic heterocycles. The molecule has 2 aliphatic rings. The molecule has 0 spiro atoms. The third-order valence-electron chi connectivity index (χ3n) is 4.62. The van der Waals surface area contributed by atoms with Crippen LogP contribution >= 0.6 is 0 Å². The Morgan fingerprint density at radius 3 is 2.42 bits per heavy atom. The maximum Gasteiger partial charge on any atom is 0.254 e. The molecule has 1 N–H and O–H groups in total. The fraction of sp³-hybridized carbons (Fsp3) is 0.562. The van der Waals surface area contributed by atoms with E-state index in [1.165, 1.54) is 25.7 Å². The van der Waals surface area contributed by atoms with Gasteiger partial charge < -0.3 is 10.0 Å². The Labute approximate surface area is 114 Å². The lowest BCUT2D eigenvalue weighted by Gasteiger charge is -2.29. The number of amides is 1. The molecule has 1 atom stereocenters. The number of carbonyl (C=O) groups is 1. The van der Waals surface area contributed by atoms with Crippen molar-refractivity contribution in [3.8, 4) is 5.75 Å². The lowest BCUT2D eigenvalue weighted by Crippen LogP contribution is -2.39. The van der Waals surface area contributed by atoms with Gasteiger partial charge in [0, 0.05) is 18.2 Å². The van der Waals surface area contributed by atoms with Crippen molar-refractivity contribution in [2.75, 3.05) is 6.54 Å². The van der Waals surface area contributed by atoms with Crippen molar-refractivity contribution in [3.05, 3.63) is 29.8 Å². The maximum absolute atomic E-state index is 12.6. The normalized spacial score (nSPS) is 24.0. The largest absolute Gasteiger partial charge is 0.508 e. The van der Waals surface area contributed by atoms with E-state index in [2.05, 4.69) is 4.90 Å². The molecule has 1 amide bonds. The number of benzene rings is 1. The average molecular weight is 259 g/mol. The molecule has 102 valence electrons. The van der Waals surface area contributed by atoms with Gasteiger partial charge in [0.05, 0.1) is 0 Å². The summed E-state index contributed by atoms with van der Waals surface area (Å²) in [5.41, 5.74) is 0.697. The Bertz CT molecular complexity index is 448. The molecule has 1 saturated carbocycles. The molecule has 3 heteroatoms. The lowest BCUT2D eigenvalue weighted by molar-refractivity contribution is 0.0689. The summed E-state index contributed by atoms with van der Waals surface area (Å²) in [5, 5.41) is 9.30. The number of phenolic OH excluding ortho intramolecular Hbond substituents is 1. The number of carbonyl (C=O) groups excluding carboxylic acids is 1. The smallest absolute Gasteiger partial charge is 0.254 e. The molecular formula is C16H21NO2. The molecular weight excluding hydrogens is 238 g/mol. The summed E-state index contributed by atoms with van der Waals surface area (Å²) in [4.78, 5) is 14.6. The van der Waals surface area contributed by atoms with Crippen molar-refractivity contribution in [2.45, 2.75) is 44.6 Å². The van der Waals surface area contributed by atoms with Gasteiger partial charge in [0.2, 0.25) is 0 Å². The number of phenols is 1. The van der Waals surface area contributed by atoms with Crippen molar-refractivity contribution in [2.24, 2.45) is 5.92 Å². The van der Waals surface area contributed by atoms with Crippen LogP contribution in [0.3, 0.4) is 0 Å². The van der Waals surface area contributed by atoms with E-state index in [0.29, 0.717) is 17.5 Å². The zero-order valence-corrected chi connectivity index (χ0v) is 11.2. The van der Waals surface area contributed by atoms with Gasteiger partial charge in [-0.3, -0.25) is 4.79 Å². The number of nitrogens with zero attached hydrogens (tertiary/aromatic N) is 1. The van der Waals surface area contributed by atoms with Gasteiger partial charge >= 0.3 is 0 Å². The second-order valence-electron chi connectivity index (χ2n) is 5.80. The number of hydrogen-bond acceptors (Lipinski definition) is 2. The van der Waals surface area contributed by atoms with Gasteiger partial charge in [0.25, 0.3) is 5.91 Å². The van der Waals surface area contributed by atoms with E-state index in [9.17, 15) is 9.90 Å². The first-order chi connectivity index (χ1) is 9.25. The molecule has 1 heterocycles. The molecule has 1 aromatic rings. The maximum atomic E-state index is 12.6. The summed E-state index contributed by atoms with van der Waals surface area (Å²) >= 11 is 0. The Balaban J connectivity index is 1.76. The average Bonchev–Trinajstić information content (AvgIpc) is 3.09. The van der Waals surface area contributed by atoms with E-state index in [1.54, 1.807) is 24.3 Å². The fourth-order valence-electron chi connectivity index (χ4n) is 3.65. The van der Waals surface area contributed by atoms with Gasteiger partial charge in [0.1, 0.15) is 5.75 Å². The van der Waals surface area contributed by atoms with Crippen LogP contribution < -0.4 is 0 Å². The van der Waals surface area contributed by atoms with Crippen LogP contribution in [0.25, 0.3) is 0 Å². The van der Waals surface area contributed by atoms with Gasteiger partial charge in [-0.15, -0.1) is 0 Å². The van der Waals surface area contributed by atoms with Crippen molar-refractivity contribution < 1.29 is 9.90 Å². The molecule has 1 aliphatic carbocycles. The highest BCUT2D eigenvalue weighted by atomic mass is 16.3. The monoisotopic (exact) mass is 259 g/mol. The van der Waals surface area contributed by atoms with E-state index < -0.39 is 0 Å². The Morgan fingerprint density at radius 1 is 1.05 bits per heavy atom. The zero-order valence-electron chi connectivity index (χ0n) is 11.2. The zero-order chi connectivity index (χ0) is 13.2. The Morgan fingerprint density at radius 2 is 1.74 bits per heavy atom. The number of aromatic hydroxyl groups is 1. The van der Waals surface area contributed by atoms with Crippen LogP contribution in [0, 0.1) is 5.92 Å². The Kier molecular flexibility index (Phi) is 3.45. The molecule has 3 rings (SSSR count). The molecule has 0 bridgehead atoms. The van der Waals surface area contributed by atoms with Crippen LogP contribution in [0.15, 0.2) is 24.3 Å². The minimum absolute atomic E-state index is 0.134. The van der Waals surface area contributed by atoms with Gasteiger partial charge in [-0.1, -0.05) is 12.8 Å². The van der Waals surface area contributed by atoms with Crippen LogP contribution in [0.2, 0.25) is 0 Å². The van der Waals surface area contributed by atoms with Crippen molar-refractivity contribution in [1.29, 1.82) is 0 Å². The topological polar surface area (TPSA) is 40.5 Å². The predicted molar refractivity (Wildman–Crippen MR) is 74.1 cm³/mol. The highest BCUT2D eigenvalue weighted by Gasteiger charge is 2.36. The molecule has 1 unspecified atom stereocenters. The summed E-state index contributed by atoms with van der Waals surface area (Å²) < 4.78 is 0. The second kappa shape index (κ2) is 5.24. The third-order valence-corrected chi connectivity index (χ3v) is 4.62. The molecule has 0 aromatic heterocycles. The number of likely N-dealkylation sites (tertiary alicyclic amines) is 1. The predicted octanol–water partition coefficient (Wildman–Crippen LogP) is 3.19. The first-order valence-corrected chi connectivity index (χ1v) is 7.36. The van der Waals surface area contributed by atoms with Crippen molar-refractivity contribution in [1.82, 2.24) is 4.90 Å². The van der Waals surface area contributed by atoms with E-state index in [4.69, 9.17) is 0 Å². The van der Waals surface area contributed by atoms with Crippen molar-refractivity contribution >= 4 is 5.91 Å². The van der Waals surface area contributed by atoms with Crippen LogP contribution in [0.1, 0.15) is 48.9 Å².